The lowest BCUT2D eigenvalue weighted by Gasteiger charge is -2.05. The molecule has 2 heterocycles. The van der Waals surface area contributed by atoms with Crippen LogP contribution in [0.4, 0.5) is 5.13 Å². The average Bonchev–Trinajstić information content (AvgIpc) is 3.21. The Morgan fingerprint density at radius 3 is 2.80 bits per heavy atom. The lowest BCUT2D eigenvalue weighted by Crippen LogP contribution is -2.12. The Hall–Kier alpha value is -2.39. The first-order valence-electron chi connectivity index (χ1n) is 7.61. The van der Waals surface area contributed by atoms with Crippen molar-refractivity contribution < 1.29 is 9.90 Å². The van der Waals surface area contributed by atoms with Crippen LogP contribution in [0.2, 0.25) is 0 Å². The number of carbonyl (C=O) groups excluding carboxylic acids is 1. The quantitative estimate of drug-likeness (QED) is 0.465. The highest BCUT2D eigenvalue weighted by Gasteiger charge is 2.16. The standard InChI is InChI=1S/C16H17N5O2S2/c1-4-24-16-21-20-15(25-16)17-14(23)12-7-11(18-19-12)10-5-8(2)9(3)6-13(10)22/h5-7,22H,4H2,1-3H3,(H,18,19)(H,17,20,23). The molecule has 9 heteroatoms. The van der Waals surface area contributed by atoms with Gasteiger partial charge >= 0.3 is 0 Å². The Morgan fingerprint density at radius 2 is 2.04 bits per heavy atom. The van der Waals surface area contributed by atoms with Crippen molar-refractivity contribution >= 4 is 34.1 Å². The van der Waals surface area contributed by atoms with E-state index in [9.17, 15) is 9.90 Å². The number of phenols is 1. The second kappa shape index (κ2) is 7.24. The molecule has 0 saturated carbocycles. The van der Waals surface area contributed by atoms with Gasteiger partial charge in [-0.1, -0.05) is 30.0 Å². The summed E-state index contributed by atoms with van der Waals surface area (Å²) < 4.78 is 0.808. The number of aryl methyl sites for hydroxylation is 2. The number of carbonyl (C=O) groups is 1. The van der Waals surface area contributed by atoms with Crippen molar-refractivity contribution in [2.75, 3.05) is 11.1 Å². The summed E-state index contributed by atoms with van der Waals surface area (Å²) >= 11 is 2.89. The van der Waals surface area contributed by atoms with Crippen molar-refractivity contribution in [2.24, 2.45) is 0 Å². The summed E-state index contributed by atoms with van der Waals surface area (Å²) in [5, 5.41) is 28.0. The van der Waals surface area contributed by atoms with Crippen LogP contribution in [0, 0.1) is 13.8 Å². The van der Waals surface area contributed by atoms with Gasteiger partial charge in [0.2, 0.25) is 5.13 Å². The number of hydrogen-bond donors (Lipinski definition) is 3. The molecular formula is C16H17N5O2S2. The number of hydrogen-bond acceptors (Lipinski definition) is 7. The Labute approximate surface area is 152 Å². The molecule has 0 bridgehead atoms. The molecule has 7 nitrogen and oxygen atoms in total. The minimum atomic E-state index is -0.355. The van der Waals surface area contributed by atoms with Crippen LogP contribution < -0.4 is 5.32 Å². The van der Waals surface area contributed by atoms with Crippen LogP contribution in [0.1, 0.15) is 28.5 Å². The molecule has 1 aromatic carbocycles. The number of thioether (sulfide) groups is 1. The van der Waals surface area contributed by atoms with Gasteiger partial charge in [-0.25, -0.2) is 0 Å². The maximum Gasteiger partial charge on any atom is 0.275 e. The molecule has 3 rings (SSSR count). The normalized spacial score (nSPS) is 10.8. The van der Waals surface area contributed by atoms with Gasteiger partial charge < -0.3 is 5.11 Å². The fourth-order valence-corrected chi connectivity index (χ4v) is 3.83. The smallest absolute Gasteiger partial charge is 0.275 e. The average molecular weight is 375 g/mol. The summed E-state index contributed by atoms with van der Waals surface area (Å²) in [7, 11) is 0. The highest BCUT2D eigenvalue weighted by Crippen LogP contribution is 2.31. The number of nitrogens with one attached hydrogen (secondary N) is 2. The number of phenolic OH excluding ortho intramolecular Hbond substituents is 1. The molecule has 1 amide bonds. The zero-order chi connectivity index (χ0) is 18.0. The molecule has 25 heavy (non-hydrogen) atoms. The number of anilines is 1. The number of H-pyrrole nitrogens is 1. The maximum absolute atomic E-state index is 12.3. The van der Waals surface area contributed by atoms with Gasteiger partial charge in [-0.15, -0.1) is 10.2 Å². The fourth-order valence-electron chi connectivity index (χ4n) is 2.19. The van der Waals surface area contributed by atoms with Gasteiger partial charge in [0.15, 0.2) is 4.34 Å². The van der Waals surface area contributed by atoms with Crippen LogP contribution in [-0.4, -0.2) is 37.2 Å². The number of aromatic hydroxyl groups is 1. The number of nitrogens with zero attached hydrogens (tertiary/aromatic N) is 3. The van der Waals surface area contributed by atoms with E-state index in [1.54, 1.807) is 23.9 Å². The molecule has 0 aliphatic heterocycles. The van der Waals surface area contributed by atoms with Gasteiger partial charge in [0.25, 0.3) is 5.91 Å². The van der Waals surface area contributed by atoms with Crippen LogP contribution in [-0.2, 0) is 0 Å². The molecule has 0 unspecified atom stereocenters. The first kappa shape index (κ1) is 17.4. The lowest BCUT2D eigenvalue weighted by molar-refractivity contribution is 0.102. The highest BCUT2D eigenvalue weighted by atomic mass is 32.2. The third kappa shape index (κ3) is 3.83. The van der Waals surface area contributed by atoms with E-state index in [-0.39, 0.29) is 17.4 Å². The SMILES string of the molecule is CCSc1nnc(NC(=O)c2cc(-c3cc(C)c(C)cc3O)n[nH]2)s1. The largest absolute Gasteiger partial charge is 0.507 e. The number of aromatic nitrogens is 4. The molecular weight excluding hydrogens is 358 g/mol. The van der Waals surface area contributed by atoms with Crippen LogP contribution in [0.5, 0.6) is 5.75 Å². The van der Waals surface area contributed by atoms with E-state index in [1.165, 1.54) is 11.3 Å². The Bertz CT molecular complexity index is 919. The summed E-state index contributed by atoms with van der Waals surface area (Å²) in [5.74, 6) is 0.671. The monoisotopic (exact) mass is 375 g/mol. The molecule has 130 valence electrons. The minimum absolute atomic E-state index is 0.131. The van der Waals surface area contributed by atoms with Gasteiger partial charge in [0, 0.05) is 5.56 Å². The Kier molecular flexibility index (Phi) is 5.05. The number of rotatable bonds is 5. The molecule has 3 N–H and O–H groups in total. The van der Waals surface area contributed by atoms with E-state index < -0.39 is 0 Å². The molecule has 0 spiro atoms. The minimum Gasteiger partial charge on any atom is -0.507 e. The fraction of sp³-hybridized carbons (Fsp3) is 0.250. The predicted molar refractivity (Wildman–Crippen MR) is 99.4 cm³/mol. The van der Waals surface area contributed by atoms with Gasteiger partial charge in [-0.3, -0.25) is 15.2 Å². The van der Waals surface area contributed by atoms with Gasteiger partial charge in [0.05, 0.1) is 5.69 Å². The van der Waals surface area contributed by atoms with E-state index >= 15 is 0 Å². The van der Waals surface area contributed by atoms with Crippen molar-refractivity contribution in [2.45, 2.75) is 25.1 Å². The van der Waals surface area contributed by atoms with E-state index in [0.29, 0.717) is 16.4 Å². The van der Waals surface area contributed by atoms with E-state index in [0.717, 1.165) is 21.2 Å². The zero-order valence-corrected chi connectivity index (χ0v) is 15.6. The van der Waals surface area contributed by atoms with Crippen LogP contribution in [0.3, 0.4) is 0 Å². The number of amides is 1. The van der Waals surface area contributed by atoms with E-state index in [1.807, 2.05) is 26.8 Å². The molecule has 3 aromatic rings. The summed E-state index contributed by atoms with van der Waals surface area (Å²) in [5.41, 5.74) is 3.40. The summed E-state index contributed by atoms with van der Waals surface area (Å²) in [4.78, 5) is 12.3. The maximum atomic E-state index is 12.3. The zero-order valence-electron chi connectivity index (χ0n) is 14.0. The van der Waals surface area contributed by atoms with Crippen LogP contribution in [0.15, 0.2) is 22.5 Å². The molecule has 0 atom stereocenters. The van der Waals surface area contributed by atoms with Crippen molar-refractivity contribution in [1.29, 1.82) is 0 Å². The summed E-state index contributed by atoms with van der Waals surface area (Å²) in [6.07, 6.45) is 0. The molecule has 0 fully saturated rings. The molecule has 0 aliphatic carbocycles. The topological polar surface area (TPSA) is 104 Å². The lowest BCUT2D eigenvalue weighted by atomic mass is 10.0. The summed E-state index contributed by atoms with van der Waals surface area (Å²) in [6, 6.07) is 5.14. The van der Waals surface area contributed by atoms with E-state index in [4.69, 9.17) is 0 Å². The summed E-state index contributed by atoms with van der Waals surface area (Å²) in [6.45, 7) is 5.91. The highest BCUT2D eigenvalue weighted by molar-refractivity contribution is 8.01. The molecule has 0 aliphatic rings. The van der Waals surface area contributed by atoms with E-state index in [2.05, 4.69) is 25.7 Å². The van der Waals surface area contributed by atoms with Crippen molar-refractivity contribution in [1.82, 2.24) is 20.4 Å². The predicted octanol–water partition coefficient (Wildman–Crippen LogP) is 3.61. The molecule has 0 saturated heterocycles. The number of aromatic amines is 1. The van der Waals surface area contributed by atoms with Crippen LogP contribution in [0.25, 0.3) is 11.3 Å². The van der Waals surface area contributed by atoms with Gasteiger partial charge in [-0.2, -0.15) is 5.10 Å². The van der Waals surface area contributed by atoms with Crippen molar-refractivity contribution in [3.8, 4) is 17.0 Å². The van der Waals surface area contributed by atoms with Gasteiger partial charge in [-0.05, 0) is 48.9 Å². The second-order valence-electron chi connectivity index (χ2n) is 5.38. The Morgan fingerprint density at radius 1 is 1.28 bits per heavy atom. The van der Waals surface area contributed by atoms with Crippen molar-refractivity contribution in [3.63, 3.8) is 0 Å². The third-order valence-corrected chi connectivity index (χ3v) is 5.46. The second-order valence-corrected chi connectivity index (χ2v) is 7.87. The molecule has 2 aromatic heterocycles. The third-order valence-electron chi connectivity index (χ3n) is 3.61. The van der Waals surface area contributed by atoms with Crippen molar-refractivity contribution in [3.05, 3.63) is 35.0 Å². The first-order chi connectivity index (χ1) is 12.0. The number of benzene rings is 1. The van der Waals surface area contributed by atoms with Gasteiger partial charge in [0.1, 0.15) is 11.4 Å². The first-order valence-corrected chi connectivity index (χ1v) is 9.41. The van der Waals surface area contributed by atoms with Crippen LogP contribution >= 0.6 is 23.1 Å². The Balaban J connectivity index is 1.78. The molecule has 0 radical (unpaired) electrons.